The van der Waals surface area contributed by atoms with E-state index in [0.29, 0.717) is 16.6 Å². The van der Waals surface area contributed by atoms with Gasteiger partial charge in [0.05, 0.1) is 17.1 Å². The molecule has 7 heteroatoms. The van der Waals surface area contributed by atoms with Gasteiger partial charge in [0.25, 0.3) is 0 Å². The van der Waals surface area contributed by atoms with Crippen LogP contribution in [0.1, 0.15) is 24.5 Å². The summed E-state index contributed by atoms with van der Waals surface area (Å²) in [5.74, 6) is 0. The highest BCUT2D eigenvalue weighted by molar-refractivity contribution is 5.75. The van der Waals surface area contributed by atoms with Crippen LogP contribution < -0.4 is 5.69 Å². The van der Waals surface area contributed by atoms with Crippen molar-refractivity contribution in [2.75, 3.05) is 0 Å². The second kappa shape index (κ2) is 4.49. The molecule has 18 heavy (non-hydrogen) atoms. The Morgan fingerprint density at radius 1 is 1.22 bits per heavy atom. The fraction of sp³-hybridized carbons (Fsp3) is 0.364. The predicted molar refractivity (Wildman–Crippen MR) is 59.2 cm³/mol. The van der Waals surface area contributed by atoms with Gasteiger partial charge in [-0.05, 0) is 24.1 Å². The van der Waals surface area contributed by atoms with E-state index in [0.717, 1.165) is 0 Å². The molecule has 98 valence electrons. The number of hydrogen-bond donors (Lipinski definition) is 3. The van der Waals surface area contributed by atoms with E-state index < -0.39 is 30.8 Å². The Bertz CT molecular complexity index is 600. The summed E-state index contributed by atoms with van der Waals surface area (Å²) in [5.41, 5.74) is 0.962. The molecule has 1 aromatic carbocycles. The van der Waals surface area contributed by atoms with Crippen molar-refractivity contribution in [3.05, 3.63) is 34.2 Å². The molecule has 0 fully saturated rings. The summed E-state index contributed by atoms with van der Waals surface area (Å²) in [5, 5.41) is 9.65. The van der Waals surface area contributed by atoms with Crippen molar-refractivity contribution in [3.63, 3.8) is 0 Å². The molecule has 0 radical (unpaired) electrons. The molecular formula is C11H11F3N2O2. The zero-order chi connectivity index (χ0) is 13.3. The monoisotopic (exact) mass is 260 g/mol. The fourth-order valence-electron chi connectivity index (χ4n) is 1.72. The third-order valence-corrected chi connectivity index (χ3v) is 2.63. The molecule has 1 aromatic heterocycles. The van der Waals surface area contributed by atoms with Crippen LogP contribution in [-0.4, -0.2) is 21.3 Å². The normalized spacial score (nSPS) is 14.0. The molecule has 0 aliphatic heterocycles. The van der Waals surface area contributed by atoms with Crippen LogP contribution in [0.25, 0.3) is 11.0 Å². The number of fused-ring (bicyclic) bond motifs is 1. The molecule has 1 heterocycles. The fourth-order valence-corrected chi connectivity index (χ4v) is 1.72. The van der Waals surface area contributed by atoms with Gasteiger partial charge in [0.1, 0.15) is 0 Å². The Morgan fingerprint density at radius 2 is 1.89 bits per heavy atom. The summed E-state index contributed by atoms with van der Waals surface area (Å²) in [7, 11) is 0. The van der Waals surface area contributed by atoms with Gasteiger partial charge in [0, 0.05) is 6.42 Å². The predicted octanol–water partition coefficient (Wildman–Crippen LogP) is 2.23. The van der Waals surface area contributed by atoms with Gasteiger partial charge in [-0.15, -0.1) is 0 Å². The Balaban J connectivity index is 2.17. The van der Waals surface area contributed by atoms with Crippen molar-refractivity contribution >= 4 is 11.0 Å². The Labute approximate surface area is 99.5 Å². The molecule has 0 bridgehead atoms. The van der Waals surface area contributed by atoms with Crippen LogP contribution in [0, 0.1) is 0 Å². The molecule has 3 N–H and O–H groups in total. The van der Waals surface area contributed by atoms with E-state index in [4.69, 9.17) is 0 Å². The molecule has 2 aromatic rings. The standard InChI is InChI=1S/C11H11F3N2O2/c12-11(13,14)4-3-9(17)6-1-2-7-8(5-6)16-10(18)15-7/h1-2,5,9,17H,3-4H2,(H2,15,16,18). The van der Waals surface area contributed by atoms with Crippen LogP contribution in [0.5, 0.6) is 0 Å². The van der Waals surface area contributed by atoms with Gasteiger partial charge in [0.2, 0.25) is 0 Å². The minimum atomic E-state index is -4.28. The number of aromatic nitrogens is 2. The topological polar surface area (TPSA) is 68.9 Å². The average molecular weight is 260 g/mol. The number of aliphatic hydroxyl groups excluding tert-OH is 1. The van der Waals surface area contributed by atoms with Gasteiger partial charge in [-0.2, -0.15) is 13.2 Å². The summed E-state index contributed by atoms with van der Waals surface area (Å²) in [6, 6.07) is 4.50. The number of rotatable bonds is 3. The van der Waals surface area contributed by atoms with Crippen molar-refractivity contribution in [3.8, 4) is 0 Å². The molecule has 0 aliphatic rings. The Hall–Kier alpha value is -1.76. The van der Waals surface area contributed by atoms with Crippen LogP contribution in [-0.2, 0) is 0 Å². The molecule has 1 atom stereocenters. The van der Waals surface area contributed by atoms with Crippen LogP contribution >= 0.6 is 0 Å². The van der Waals surface area contributed by atoms with Crippen molar-refractivity contribution in [2.45, 2.75) is 25.1 Å². The van der Waals surface area contributed by atoms with Crippen molar-refractivity contribution < 1.29 is 18.3 Å². The summed E-state index contributed by atoms with van der Waals surface area (Å²) in [6.45, 7) is 0. The zero-order valence-electron chi connectivity index (χ0n) is 9.21. The van der Waals surface area contributed by atoms with Crippen LogP contribution in [0.15, 0.2) is 23.0 Å². The van der Waals surface area contributed by atoms with Crippen LogP contribution in [0.2, 0.25) is 0 Å². The maximum atomic E-state index is 12.0. The van der Waals surface area contributed by atoms with E-state index in [1.807, 2.05) is 0 Å². The molecule has 0 spiro atoms. The van der Waals surface area contributed by atoms with Crippen LogP contribution in [0.3, 0.4) is 0 Å². The summed E-state index contributed by atoms with van der Waals surface area (Å²) >= 11 is 0. The second-order valence-corrected chi connectivity index (χ2v) is 4.05. The lowest BCUT2D eigenvalue weighted by Gasteiger charge is -2.12. The first-order chi connectivity index (χ1) is 8.35. The van der Waals surface area contributed by atoms with Gasteiger partial charge in [-0.3, -0.25) is 0 Å². The quantitative estimate of drug-likeness (QED) is 0.792. The molecule has 0 amide bonds. The van der Waals surface area contributed by atoms with E-state index in [1.54, 1.807) is 6.07 Å². The maximum Gasteiger partial charge on any atom is 0.389 e. The van der Waals surface area contributed by atoms with Crippen molar-refractivity contribution in [1.29, 1.82) is 0 Å². The van der Waals surface area contributed by atoms with Gasteiger partial charge >= 0.3 is 11.9 Å². The summed E-state index contributed by atoms with van der Waals surface area (Å²) < 4.78 is 36.1. The minimum absolute atomic E-state index is 0.349. The highest BCUT2D eigenvalue weighted by Gasteiger charge is 2.28. The maximum absolute atomic E-state index is 12.0. The van der Waals surface area contributed by atoms with Gasteiger partial charge < -0.3 is 15.1 Å². The Kier molecular flexibility index (Phi) is 3.16. The smallest absolute Gasteiger partial charge is 0.388 e. The van der Waals surface area contributed by atoms with E-state index >= 15 is 0 Å². The third kappa shape index (κ3) is 2.92. The number of halogens is 3. The minimum Gasteiger partial charge on any atom is -0.388 e. The number of alkyl halides is 3. The van der Waals surface area contributed by atoms with Crippen molar-refractivity contribution in [1.82, 2.24) is 9.97 Å². The number of nitrogens with one attached hydrogen (secondary N) is 2. The first-order valence-electron chi connectivity index (χ1n) is 5.32. The lowest BCUT2D eigenvalue weighted by Crippen LogP contribution is -2.10. The Morgan fingerprint density at radius 3 is 2.56 bits per heavy atom. The van der Waals surface area contributed by atoms with Crippen LogP contribution in [0.4, 0.5) is 13.2 Å². The molecule has 0 aliphatic carbocycles. The highest BCUT2D eigenvalue weighted by atomic mass is 19.4. The lowest BCUT2D eigenvalue weighted by molar-refractivity contribution is -0.140. The SMILES string of the molecule is O=c1[nH]c2ccc(C(O)CCC(F)(F)F)cc2[nH]1. The first-order valence-corrected chi connectivity index (χ1v) is 5.32. The second-order valence-electron chi connectivity index (χ2n) is 4.05. The summed E-state index contributed by atoms with van der Waals surface area (Å²) in [6.07, 6.45) is -6.93. The molecule has 2 rings (SSSR count). The van der Waals surface area contributed by atoms with E-state index in [2.05, 4.69) is 9.97 Å². The van der Waals surface area contributed by atoms with E-state index in [-0.39, 0.29) is 0 Å². The molecular weight excluding hydrogens is 249 g/mol. The lowest BCUT2D eigenvalue weighted by atomic mass is 10.0. The largest absolute Gasteiger partial charge is 0.389 e. The molecule has 4 nitrogen and oxygen atoms in total. The van der Waals surface area contributed by atoms with E-state index in [1.165, 1.54) is 12.1 Å². The number of hydrogen-bond acceptors (Lipinski definition) is 2. The third-order valence-electron chi connectivity index (χ3n) is 2.63. The van der Waals surface area contributed by atoms with Crippen molar-refractivity contribution in [2.24, 2.45) is 0 Å². The number of H-pyrrole nitrogens is 2. The van der Waals surface area contributed by atoms with E-state index in [9.17, 15) is 23.1 Å². The highest BCUT2D eigenvalue weighted by Crippen LogP contribution is 2.28. The number of aliphatic hydroxyl groups is 1. The average Bonchev–Trinajstić information content (AvgIpc) is 2.63. The molecule has 0 saturated heterocycles. The van der Waals surface area contributed by atoms with Gasteiger partial charge in [-0.25, -0.2) is 4.79 Å². The first kappa shape index (κ1) is 12.7. The number of aromatic amines is 2. The van der Waals surface area contributed by atoms with Gasteiger partial charge in [-0.1, -0.05) is 6.07 Å². The summed E-state index contributed by atoms with van der Waals surface area (Å²) in [4.78, 5) is 16.0. The number of imidazole rings is 1. The van der Waals surface area contributed by atoms with Gasteiger partial charge in [0.15, 0.2) is 0 Å². The number of benzene rings is 1. The zero-order valence-corrected chi connectivity index (χ0v) is 9.21. The molecule has 1 unspecified atom stereocenters. The molecule has 0 saturated carbocycles.